The van der Waals surface area contributed by atoms with E-state index in [0.29, 0.717) is 66.3 Å². The van der Waals surface area contributed by atoms with Crippen molar-refractivity contribution in [2.45, 2.75) is 105 Å². The molecule has 0 unspecified atom stereocenters. The second kappa shape index (κ2) is 29.9. The van der Waals surface area contributed by atoms with Crippen molar-refractivity contribution >= 4 is 113 Å². The number of halogens is 6. The molecule has 7 aromatic heterocycles. The number of carboxylic acids is 1. The standard InChI is InChI=1S/C27H24BrF2N7O3.C22H20N6O3.C10H11BrFN3O.CH4.ClH/c1-14(38)25-20-7-16(18-10-31-15(2)32-11-18)6-17(9-29)26(20)37(35-25)13-24(39)36-12-19(30)8-21(36)27(40)34-23-5-3-4-22(28)33-23;1-12(29)21-19-6-16(18-9-25-14(3)26-10-18)5-17(4-15-7-23-13(2)24-8-15)22(19)28(27-21)11-20(30)31;11-8-2-1-3-9(14-8)15-10(16)7-4-6(12)5-13-7;;/h3-7,10-11,19,21H,8-9,12-13H2,1-2H3,(H,33,34,40);5-10H,4,11H2,1-3H3,(H,30,31);1-3,6-7,13H,4-5H2,(H,14,15,16);1H4;1H/t19-,21+;;6-,7+;;/m1.1../s1. The van der Waals surface area contributed by atoms with Crippen LogP contribution in [0, 0.1) is 20.8 Å². The van der Waals surface area contributed by atoms with Crippen LogP contribution in [0.15, 0.2) is 107 Å². The van der Waals surface area contributed by atoms with Gasteiger partial charge in [-0.25, -0.2) is 53.0 Å². The third-order valence-electron chi connectivity index (χ3n) is 13.9. The lowest BCUT2D eigenvalue weighted by molar-refractivity contribution is -0.138. The number of hydrogen-bond donors (Lipinski definition) is 4. The maximum absolute atomic E-state index is 14.5. The van der Waals surface area contributed by atoms with Crippen molar-refractivity contribution in [3.8, 4) is 22.3 Å². The fraction of sp³-hybridized carbons (Fsp3) is 0.300. The number of benzene rings is 2. The number of carbonyl (C=O) groups excluding carboxylic acids is 5. The summed E-state index contributed by atoms with van der Waals surface area (Å²) >= 11 is 6.43. The highest BCUT2D eigenvalue weighted by molar-refractivity contribution is 9.10. The molecule has 11 rings (SSSR count). The molecule has 9 heterocycles. The van der Waals surface area contributed by atoms with E-state index < -0.39 is 55.4 Å². The largest absolute Gasteiger partial charge is 0.480 e. The number of hydrogen-bond acceptors (Lipinski definition) is 17. The Morgan fingerprint density at radius 1 is 0.640 bits per heavy atom. The second-order valence-corrected chi connectivity index (χ2v) is 22.1. The molecular formula is C60H60Br2ClF3N16O7. The molecule has 4 atom stereocenters. The first-order chi connectivity index (χ1) is 41.6. The number of alkyl halides is 3. The smallest absolute Gasteiger partial charge is 0.325 e. The van der Waals surface area contributed by atoms with Crippen molar-refractivity contribution in [2.24, 2.45) is 0 Å². The molecule has 2 saturated heterocycles. The molecule has 0 radical (unpaired) electrons. The van der Waals surface area contributed by atoms with E-state index in [-0.39, 0.29) is 98.1 Å². The fourth-order valence-corrected chi connectivity index (χ4v) is 10.6. The van der Waals surface area contributed by atoms with Crippen molar-refractivity contribution in [1.82, 2.24) is 69.6 Å². The van der Waals surface area contributed by atoms with E-state index in [4.69, 9.17) is 0 Å². The average molecular weight is 1370 g/mol. The second-order valence-electron chi connectivity index (χ2n) is 20.4. The Kier molecular flexibility index (Phi) is 22.7. The fourth-order valence-electron chi connectivity index (χ4n) is 9.87. The van der Waals surface area contributed by atoms with Crippen molar-refractivity contribution in [3.05, 3.63) is 153 Å². The summed E-state index contributed by atoms with van der Waals surface area (Å²) in [4.78, 5) is 109. The third-order valence-corrected chi connectivity index (χ3v) is 14.8. The number of anilines is 2. The maximum atomic E-state index is 14.5. The van der Waals surface area contributed by atoms with Gasteiger partial charge in [-0.1, -0.05) is 19.6 Å². The Hall–Kier alpha value is -8.86. The topological polar surface area (TPSA) is 301 Å². The van der Waals surface area contributed by atoms with Crippen molar-refractivity contribution in [3.63, 3.8) is 0 Å². The van der Waals surface area contributed by atoms with E-state index >= 15 is 0 Å². The summed E-state index contributed by atoms with van der Waals surface area (Å²) in [5.41, 5.74) is 5.85. The number of aliphatic carboxylic acids is 1. The van der Waals surface area contributed by atoms with Gasteiger partial charge < -0.3 is 26.0 Å². The minimum absolute atomic E-state index is 0. The van der Waals surface area contributed by atoms with E-state index in [9.17, 15) is 47.0 Å². The molecule has 2 fully saturated rings. The zero-order valence-electron chi connectivity index (χ0n) is 47.7. The molecule has 4 N–H and O–H groups in total. The van der Waals surface area contributed by atoms with E-state index in [0.717, 1.165) is 27.2 Å². The quantitative estimate of drug-likeness (QED) is 0.0548. The molecule has 29 heteroatoms. The number of Topliss-reactive ketones (excluding diaryl/α,β-unsaturated/α-hetero) is 2. The molecule has 2 aromatic carbocycles. The minimum atomic E-state index is -1.40. The highest BCUT2D eigenvalue weighted by atomic mass is 79.9. The molecule has 0 aliphatic carbocycles. The van der Waals surface area contributed by atoms with Gasteiger partial charge in [0.15, 0.2) is 11.6 Å². The summed E-state index contributed by atoms with van der Waals surface area (Å²) in [6.45, 7) is 6.39. The number of ketones is 2. The van der Waals surface area contributed by atoms with Crippen molar-refractivity contribution in [1.29, 1.82) is 0 Å². The first-order valence-electron chi connectivity index (χ1n) is 27.0. The minimum Gasteiger partial charge on any atom is -0.480 e. The monoisotopic (exact) mass is 1370 g/mol. The lowest BCUT2D eigenvalue weighted by Crippen LogP contribution is -2.44. The SMILES string of the molecule is C.CC(=O)c1nn(CC(=O)N2C[C@H](F)C[C@H]2C(=O)Nc2cccc(Br)n2)c2c(CF)cc(-c3cnc(C)nc3)cc12.CC(=O)c1nn(CC(=O)O)c2c(Cc3cnc(C)nc3)cc(-c3cnc(C)nc3)cc12.Cl.O=C(Nc1cccc(Br)n1)[C@@H]1C[C@@H](F)CN1. The molecule has 0 bridgehead atoms. The number of aromatic nitrogens is 12. The van der Waals surface area contributed by atoms with Gasteiger partial charge in [-0.05, 0) is 123 Å². The Labute approximate surface area is 530 Å². The van der Waals surface area contributed by atoms with Crippen LogP contribution in [0.3, 0.4) is 0 Å². The van der Waals surface area contributed by atoms with Gasteiger partial charge in [-0.15, -0.1) is 12.4 Å². The highest BCUT2D eigenvalue weighted by Gasteiger charge is 2.40. The molecule has 464 valence electrons. The van der Waals surface area contributed by atoms with Gasteiger partial charge in [0, 0.05) is 104 Å². The summed E-state index contributed by atoms with van der Waals surface area (Å²) in [6, 6.07) is 15.7. The Bertz CT molecular complexity index is 4090. The van der Waals surface area contributed by atoms with Gasteiger partial charge in [0.2, 0.25) is 17.7 Å². The van der Waals surface area contributed by atoms with Crippen LogP contribution in [0.2, 0.25) is 0 Å². The number of fused-ring (bicyclic) bond motifs is 2. The van der Waals surface area contributed by atoms with Crippen LogP contribution in [-0.4, -0.2) is 142 Å². The molecule has 89 heavy (non-hydrogen) atoms. The predicted molar refractivity (Wildman–Crippen MR) is 334 cm³/mol. The van der Waals surface area contributed by atoms with Crippen LogP contribution in [0.1, 0.15) is 89.3 Å². The van der Waals surface area contributed by atoms with Gasteiger partial charge in [0.05, 0.1) is 23.6 Å². The molecule has 2 aliphatic heterocycles. The Morgan fingerprint density at radius 2 is 1.11 bits per heavy atom. The van der Waals surface area contributed by atoms with E-state index in [1.807, 2.05) is 12.1 Å². The Morgan fingerprint density at radius 3 is 1.57 bits per heavy atom. The van der Waals surface area contributed by atoms with Crippen LogP contribution < -0.4 is 16.0 Å². The van der Waals surface area contributed by atoms with Gasteiger partial charge >= 0.3 is 5.97 Å². The number of amides is 3. The number of rotatable bonds is 15. The summed E-state index contributed by atoms with van der Waals surface area (Å²) in [6.07, 6.45) is 8.25. The van der Waals surface area contributed by atoms with Gasteiger partial charge in [-0.2, -0.15) is 10.2 Å². The summed E-state index contributed by atoms with van der Waals surface area (Å²) in [5, 5.41) is 27.0. The molecule has 0 spiro atoms. The van der Waals surface area contributed by atoms with E-state index in [2.05, 4.69) is 97.9 Å². The number of aryl methyl sites for hydroxylation is 3. The van der Waals surface area contributed by atoms with Crippen LogP contribution in [-0.2, 0) is 45.4 Å². The van der Waals surface area contributed by atoms with Gasteiger partial charge in [-0.3, -0.25) is 38.1 Å². The lowest BCUT2D eigenvalue weighted by Gasteiger charge is -2.23. The highest BCUT2D eigenvalue weighted by Crippen LogP contribution is 2.34. The molecular weight excluding hydrogens is 1310 g/mol. The van der Waals surface area contributed by atoms with Gasteiger partial charge in [0.1, 0.15) is 87.9 Å². The van der Waals surface area contributed by atoms with E-state index in [1.165, 1.54) is 23.2 Å². The number of carboxylic acid groups (broad SMARTS) is 1. The average Bonchev–Trinajstić information content (AvgIpc) is 1.69. The Balaban J connectivity index is 0.000000204. The lowest BCUT2D eigenvalue weighted by atomic mass is 9.97. The third kappa shape index (κ3) is 16.7. The first kappa shape index (κ1) is 67.6. The molecule has 0 saturated carbocycles. The van der Waals surface area contributed by atoms with Crippen molar-refractivity contribution < 1.29 is 47.0 Å². The van der Waals surface area contributed by atoms with Crippen LogP contribution in [0.5, 0.6) is 0 Å². The zero-order chi connectivity index (χ0) is 62.2. The predicted octanol–water partition coefficient (Wildman–Crippen LogP) is 9.53. The number of pyridine rings is 2. The molecule has 2 aliphatic rings. The molecule has 3 amide bonds. The van der Waals surface area contributed by atoms with Crippen LogP contribution in [0.25, 0.3) is 44.1 Å². The molecule has 9 aromatic rings. The van der Waals surface area contributed by atoms with Crippen LogP contribution in [0.4, 0.5) is 24.8 Å². The molecule has 23 nitrogen and oxygen atoms in total. The number of nitrogens with zero attached hydrogens (tertiary/aromatic N) is 13. The number of likely N-dealkylation sites (tertiary alicyclic amines) is 1. The van der Waals surface area contributed by atoms with Crippen LogP contribution >= 0.6 is 44.3 Å². The number of nitrogens with one attached hydrogen (secondary N) is 3. The first-order valence-corrected chi connectivity index (χ1v) is 28.6. The summed E-state index contributed by atoms with van der Waals surface area (Å²) in [7, 11) is 0. The van der Waals surface area contributed by atoms with Gasteiger partial charge in [0.25, 0.3) is 0 Å². The normalized spacial score (nSPS) is 15.8. The zero-order valence-corrected chi connectivity index (χ0v) is 51.7. The summed E-state index contributed by atoms with van der Waals surface area (Å²) < 4.78 is 45.4. The summed E-state index contributed by atoms with van der Waals surface area (Å²) in [5.74, 6) is -0.474. The van der Waals surface area contributed by atoms with E-state index in [1.54, 1.807) is 106 Å². The number of carbonyl (C=O) groups is 6. The maximum Gasteiger partial charge on any atom is 0.325 e. The van der Waals surface area contributed by atoms with Crippen molar-refractivity contribution in [2.75, 3.05) is 23.7 Å².